The van der Waals surface area contributed by atoms with E-state index in [-0.39, 0.29) is 24.1 Å². The first kappa shape index (κ1) is 20.9. The molecule has 3 aromatic rings. The third kappa shape index (κ3) is 4.54. The number of methoxy groups -OCH3 is 2. The summed E-state index contributed by atoms with van der Waals surface area (Å²) in [5, 5.41) is 2.63. The van der Waals surface area contributed by atoms with Crippen molar-refractivity contribution in [1.82, 2.24) is 4.98 Å². The second-order valence-electron chi connectivity index (χ2n) is 6.76. The Morgan fingerprint density at radius 3 is 2.66 bits per heavy atom. The highest BCUT2D eigenvalue weighted by Crippen LogP contribution is 2.36. The number of nitrogens with zero attached hydrogens (tertiary/aromatic N) is 1. The number of aromatic nitrogens is 1. The molecule has 0 fully saturated rings. The summed E-state index contributed by atoms with van der Waals surface area (Å²) >= 11 is 0. The van der Waals surface area contributed by atoms with E-state index >= 15 is 0 Å². The fraction of sp³-hybridized carbons (Fsp3) is 0.125. The molecule has 8 heteroatoms. The molecule has 2 heterocycles. The lowest BCUT2D eigenvalue weighted by atomic mass is 10.1. The van der Waals surface area contributed by atoms with Crippen molar-refractivity contribution in [2.24, 2.45) is 0 Å². The molecule has 0 aliphatic carbocycles. The van der Waals surface area contributed by atoms with Gasteiger partial charge in [0.05, 0.1) is 19.8 Å². The molecule has 0 atom stereocenters. The molecule has 0 saturated carbocycles. The molecule has 32 heavy (non-hydrogen) atoms. The van der Waals surface area contributed by atoms with Crippen molar-refractivity contribution in [3.05, 3.63) is 77.7 Å². The van der Waals surface area contributed by atoms with Crippen LogP contribution in [0.1, 0.15) is 15.9 Å². The number of amides is 1. The smallest absolute Gasteiger partial charge is 0.263 e. The van der Waals surface area contributed by atoms with Gasteiger partial charge in [0.1, 0.15) is 17.3 Å². The number of ether oxygens (including phenoxy) is 4. The molecule has 1 aliphatic heterocycles. The molecule has 0 bridgehead atoms. The number of fused-ring (bicyclic) bond motifs is 1. The van der Waals surface area contributed by atoms with Gasteiger partial charge in [-0.2, -0.15) is 0 Å². The Morgan fingerprint density at radius 2 is 1.91 bits per heavy atom. The summed E-state index contributed by atoms with van der Waals surface area (Å²) < 4.78 is 21.8. The quantitative estimate of drug-likeness (QED) is 0.568. The fourth-order valence-electron chi connectivity index (χ4n) is 3.12. The van der Waals surface area contributed by atoms with Gasteiger partial charge >= 0.3 is 0 Å². The Hall–Kier alpha value is -4.33. The van der Waals surface area contributed by atoms with Crippen molar-refractivity contribution in [2.75, 3.05) is 26.1 Å². The average Bonchev–Trinajstić information content (AvgIpc) is 3.12. The van der Waals surface area contributed by atoms with Gasteiger partial charge in [0.25, 0.3) is 5.91 Å². The van der Waals surface area contributed by atoms with E-state index in [1.807, 2.05) is 0 Å². The van der Waals surface area contributed by atoms with Gasteiger partial charge in [0, 0.05) is 12.3 Å². The van der Waals surface area contributed by atoms with Crippen LogP contribution in [0, 0.1) is 0 Å². The molecule has 2 aromatic carbocycles. The Kier molecular flexibility index (Phi) is 6.03. The third-order valence-electron chi connectivity index (χ3n) is 4.65. The van der Waals surface area contributed by atoms with Gasteiger partial charge in [-0.15, -0.1) is 0 Å². The normalized spacial score (nSPS) is 13.3. The maximum absolute atomic E-state index is 12.7. The lowest BCUT2D eigenvalue weighted by Crippen LogP contribution is -2.20. The van der Waals surface area contributed by atoms with Gasteiger partial charge < -0.3 is 24.3 Å². The molecule has 1 aromatic heterocycles. The molecule has 0 saturated heterocycles. The number of nitrogens with one attached hydrogen (secondary N) is 1. The highest BCUT2D eigenvalue weighted by molar-refractivity contribution is 6.14. The summed E-state index contributed by atoms with van der Waals surface area (Å²) in [5.74, 6) is 1.93. The van der Waals surface area contributed by atoms with Crippen molar-refractivity contribution in [3.8, 4) is 23.0 Å². The van der Waals surface area contributed by atoms with Gasteiger partial charge in [0.2, 0.25) is 5.78 Å². The largest absolute Gasteiger partial charge is 0.493 e. The molecular formula is C24H20N2O6. The predicted molar refractivity (Wildman–Crippen MR) is 117 cm³/mol. The second-order valence-corrected chi connectivity index (χ2v) is 6.76. The van der Waals surface area contributed by atoms with Crippen LogP contribution in [0.3, 0.4) is 0 Å². The van der Waals surface area contributed by atoms with Gasteiger partial charge in [-0.3, -0.25) is 9.59 Å². The Labute approximate surface area is 184 Å². The number of Topliss-reactive ketones (excluding diaryl/α,β-unsaturated/α-hetero) is 1. The maximum Gasteiger partial charge on any atom is 0.263 e. The average molecular weight is 432 g/mol. The Bertz CT molecular complexity index is 1190. The van der Waals surface area contributed by atoms with Crippen LogP contribution >= 0.6 is 0 Å². The number of carbonyl (C=O) groups is 2. The van der Waals surface area contributed by atoms with Crippen LogP contribution in [0.4, 0.5) is 5.82 Å². The number of hydrogen-bond acceptors (Lipinski definition) is 7. The lowest BCUT2D eigenvalue weighted by molar-refractivity contribution is -0.118. The van der Waals surface area contributed by atoms with E-state index in [2.05, 4.69) is 10.3 Å². The van der Waals surface area contributed by atoms with E-state index in [0.717, 1.165) is 5.56 Å². The van der Waals surface area contributed by atoms with Gasteiger partial charge in [-0.05, 0) is 48.0 Å². The zero-order valence-electron chi connectivity index (χ0n) is 17.5. The minimum atomic E-state index is -0.352. The Morgan fingerprint density at radius 1 is 1.06 bits per heavy atom. The van der Waals surface area contributed by atoms with E-state index in [9.17, 15) is 9.59 Å². The molecule has 4 rings (SSSR count). The molecule has 1 N–H and O–H groups in total. The second kappa shape index (κ2) is 9.22. The zero-order valence-corrected chi connectivity index (χ0v) is 17.5. The van der Waals surface area contributed by atoms with Gasteiger partial charge in [0.15, 0.2) is 23.9 Å². The highest BCUT2D eigenvalue weighted by atomic mass is 16.5. The van der Waals surface area contributed by atoms with E-state index in [4.69, 9.17) is 18.9 Å². The van der Waals surface area contributed by atoms with Crippen LogP contribution in [-0.2, 0) is 4.79 Å². The maximum atomic E-state index is 12.7. The van der Waals surface area contributed by atoms with Crippen LogP contribution in [0.25, 0.3) is 6.08 Å². The first-order valence-electron chi connectivity index (χ1n) is 9.71. The number of allylic oxidation sites excluding steroid dienone is 1. The minimum absolute atomic E-state index is 0.178. The summed E-state index contributed by atoms with van der Waals surface area (Å²) in [5.41, 5.74) is 1.14. The minimum Gasteiger partial charge on any atom is -0.493 e. The van der Waals surface area contributed by atoms with E-state index in [1.165, 1.54) is 0 Å². The summed E-state index contributed by atoms with van der Waals surface area (Å²) in [7, 11) is 3.10. The van der Waals surface area contributed by atoms with Crippen LogP contribution in [0.2, 0.25) is 0 Å². The van der Waals surface area contributed by atoms with E-state index in [0.29, 0.717) is 34.4 Å². The number of anilines is 1. The van der Waals surface area contributed by atoms with Crippen molar-refractivity contribution in [2.45, 2.75) is 0 Å². The molecule has 1 amide bonds. The van der Waals surface area contributed by atoms with Crippen molar-refractivity contribution >= 4 is 23.6 Å². The van der Waals surface area contributed by atoms with E-state index in [1.54, 1.807) is 81.1 Å². The number of ketones is 1. The van der Waals surface area contributed by atoms with Crippen molar-refractivity contribution < 1.29 is 28.5 Å². The third-order valence-corrected chi connectivity index (χ3v) is 4.65. The van der Waals surface area contributed by atoms with E-state index < -0.39 is 0 Å². The molecule has 162 valence electrons. The first-order chi connectivity index (χ1) is 15.6. The zero-order chi connectivity index (χ0) is 22.5. The topological polar surface area (TPSA) is 96.0 Å². The number of pyridine rings is 1. The molecule has 0 unspecified atom stereocenters. The summed E-state index contributed by atoms with van der Waals surface area (Å²) in [6, 6.07) is 15.3. The molecular weight excluding hydrogens is 412 g/mol. The predicted octanol–water partition coefficient (Wildman–Crippen LogP) is 3.73. The van der Waals surface area contributed by atoms with Crippen LogP contribution in [0.5, 0.6) is 23.0 Å². The highest BCUT2D eigenvalue weighted by Gasteiger charge is 2.28. The summed E-state index contributed by atoms with van der Waals surface area (Å²) in [4.78, 5) is 28.8. The standard InChI is InChI=1S/C24H20N2O6/c1-29-18-9-6-15(11-20(18)30-2)12-21-24(28)17-8-7-16(13-19(17)32-21)31-14-23(27)26-22-5-3-4-10-25-22/h3-13H,14H2,1-2H3,(H,25,26,27). The monoisotopic (exact) mass is 432 g/mol. The van der Waals surface area contributed by atoms with Crippen LogP contribution < -0.4 is 24.3 Å². The number of hydrogen-bond donors (Lipinski definition) is 1. The number of carbonyl (C=O) groups excluding carboxylic acids is 2. The lowest BCUT2D eigenvalue weighted by Gasteiger charge is -2.08. The number of rotatable bonds is 7. The Balaban J connectivity index is 1.44. The fourth-order valence-corrected chi connectivity index (χ4v) is 3.12. The molecule has 0 spiro atoms. The van der Waals surface area contributed by atoms with Crippen LogP contribution in [0.15, 0.2) is 66.6 Å². The van der Waals surface area contributed by atoms with Crippen molar-refractivity contribution in [1.29, 1.82) is 0 Å². The van der Waals surface area contributed by atoms with Crippen LogP contribution in [-0.4, -0.2) is 37.5 Å². The SMILES string of the molecule is COc1ccc(C=C2Oc3cc(OCC(=O)Nc4ccccn4)ccc3C2=O)cc1OC. The number of benzene rings is 2. The van der Waals surface area contributed by atoms with Crippen molar-refractivity contribution in [3.63, 3.8) is 0 Å². The first-order valence-corrected chi connectivity index (χ1v) is 9.71. The van der Waals surface area contributed by atoms with Gasteiger partial charge in [-0.1, -0.05) is 12.1 Å². The molecule has 0 radical (unpaired) electrons. The summed E-state index contributed by atoms with van der Waals surface area (Å²) in [6.45, 7) is -0.211. The van der Waals surface area contributed by atoms with Gasteiger partial charge in [-0.25, -0.2) is 4.98 Å². The molecule has 1 aliphatic rings. The summed E-state index contributed by atoms with van der Waals surface area (Å²) in [6.07, 6.45) is 3.21. The molecule has 8 nitrogen and oxygen atoms in total.